The van der Waals surface area contributed by atoms with E-state index < -0.39 is 0 Å². The molecule has 0 spiro atoms. The second kappa shape index (κ2) is 7.86. The minimum absolute atomic E-state index is 0.0593. The van der Waals surface area contributed by atoms with Gasteiger partial charge in [-0.25, -0.2) is 9.97 Å². The van der Waals surface area contributed by atoms with E-state index in [-0.39, 0.29) is 24.0 Å². The lowest BCUT2D eigenvalue weighted by Gasteiger charge is -2.12. The van der Waals surface area contributed by atoms with Crippen molar-refractivity contribution in [1.82, 2.24) is 24.7 Å². The van der Waals surface area contributed by atoms with E-state index in [9.17, 15) is 9.59 Å². The summed E-state index contributed by atoms with van der Waals surface area (Å²) in [4.78, 5) is 37.6. The maximum atomic E-state index is 12.2. The molecule has 10 heteroatoms. The van der Waals surface area contributed by atoms with Crippen LogP contribution in [0.3, 0.4) is 0 Å². The number of nitrogens with one attached hydrogen (secondary N) is 2. The fraction of sp³-hybridized carbons (Fsp3) is 0.280. The molecule has 0 saturated heterocycles. The molecular formula is C25H24N8O2. The van der Waals surface area contributed by atoms with Crippen LogP contribution in [0.4, 0.5) is 23.1 Å². The van der Waals surface area contributed by atoms with Gasteiger partial charge in [0.15, 0.2) is 11.6 Å². The summed E-state index contributed by atoms with van der Waals surface area (Å²) in [6, 6.07) is 5.80. The second-order valence-corrected chi connectivity index (χ2v) is 9.24. The topological polar surface area (TPSA) is 141 Å². The highest BCUT2D eigenvalue weighted by Crippen LogP contribution is 2.34. The Morgan fingerprint density at radius 1 is 1.14 bits per heavy atom. The molecule has 6 rings (SSSR count). The Morgan fingerprint density at radius 2 is 2.00 bits per heavy atom. The molecule has 0 bridgehead atoms. The highest BCUT2D eigenvalue weighted by atomic mass is 16.2. The molecule has 6 heterocycles. The van der Waals surface area contributed by atoms with Crippen LogP contribution < -0.4 is 16.4 Å². The van der Waals surface area contributed by atoms with Gasteiger partial charge in [0.2, 0.25) is 5.91 Å². The van der Waals surface area contributed by atoms with Gasteiger partial charge in [0.25, 0.3) is 0 Å². The number of hydrogen-bond donors (Lipinski definition) is 3. The van der Waals surface area contributed by atoms with Gasteiger partial charge in [-0.15, -0.1) is 0 Å². The number of rotatable bonds is 3. The summed E-state index contributed by atoms with van der Waals surface area (Å²) in [5, 5.41) is 12.3. The molecule has 10 nitrogen and oxygen atoms in total. The van der Waals surface area contributed by atoms with Crippen LogP contribution in [-0.2, 0) is 29.0 Å². The maximum absolute atomic E-state index is 12.2. The first kappa shape index (κ1) is 21.2. The summed E-state index contributed by atoms with van der Waals surface area (Å²) in [7, 11) is 0. The van der Waals surface area contributed by atoms with Crippen molar-refractivity contribution in [3.8, 4) is 11.3 Å². The lowest BCUT2D eigenvalue weighted by Crippen LogP contribution is -2.16. The number of fused-ring (bicyclic) bond motifs is 3. The molecule has 35 heavy (non-hydrogen) atoms. The van der Waals surface area contributed by atoms with Gasteiger partial charge in [0.05, 0.1) is 23.5 Å². The van der Waals surface area contributed by atoms with Crippen LogP contribution in [0.15, 0.2) is 30.6 Å². The Hall–Kier alpha value is -4.34. The number of hydrogen-bond acceptors (Lipinski definition) is 8. The van der Waals surface area contributed by atoms with Crippen molar-refractivity contribution in [1.29, 1.82) is 0 Å². The monoisotopic (exact) mass is 468 g/mol. The molecule has 1 unspecified atom stereocenters. The molecule has 4 N–H and O–H groups in total. The first-order chi connectivity index (χ1) is 16.9. The lowest BCUT2D eigenvalue weighted by atomic mass is 10.0. The molecule has 4 aromatic rings. The number of ketones is 1. The number of anilines is 4. The minimum Gasteiger partial charge on any atom is -0.383 e. The van der Waals surface area contributed by atoms with Crippen LogP contribution in [-0.4, -0.2) is 36.4 Å². The average Bonchev–Trinajstić information content (AvgIpc) is 3.36. The van der Waals surface area contributed by atoms with Crippen LogP contribution in [0.5, 0.6) is 0 Å². The molecule has 1 amide bonds. The van der Waals surface area contributed by atoms with E-state index in [1.165, 1.54) is 0 Å². The number of nitrogen functional groups attached to an aromatic ring is 1. The number of nitrogens with zero attached hydrogens (tertiary/aromatic N) is 5. The molecule has 0 fully saturated rings. The summed E-state index contributed by atoms with van der Waals surface area (Å²) >= 11 is 0. The molecule has 0 radical (unpaired) electrons. The van der Waals surface area contributed by atoms with Gasteiger partial charge in [-0.1, -0.05) is 6.92 Å². The fourth-order valence-corrected chi connectivity index (χ4v) is 4.74. The number of carbonyl (C=O) groups is 2. The number of pyridine rings is 3. The van der Waals surface area contributed by atoms with Crippen LogP contribution in [0.25, 0.3) is 22.0 Å². The van der Waals surface area contributed by atoms with Crippen molar-refractivity contribution in [3.63, 3.8) is 0 Å². The molecule has 4 aromatic heterocycles. The lowest BCUT2D eigenvalue weighted by molar-refractivity contribution is -0.123. The summed E-state index contributed by atoms with van der Waals surface area (Å²) < 4.78 is 1.78. The molecule has 2 aliphatic rings. The summed E-state index contributed by atoms with van der Waals surface area (Å²) in [6.45, 7) is 4.21. The van der Waals surface area contributed by atoms with Gasteiger partial charge in [-0.2, -0.15) is 5.10 Å². The first-order valence-electron chi connectivity index (χ1n) is 11.6. The van der Waals surface area contributed by atoms with Crippen LogP contribution in [0.2, 0.25) is 0 Å². The third kappa shape index (κ3) is 3.67. The standard InChI is InChI=1S/C25H24N8O2/c1-12-3-4-15-7-22(32-33(15)11-20(12)34)30-21-6-14-5-18(29-25(26)17(14)10-28-21)16-9-27-19-8-23(35)31-24(19)13(16)2/h5-7,9-10,12H,3-4,8,11H2,1-2H3,(H2,26,29)(H,31,35)(H,28,30,32). The molecule has 0 saturated carbocycles. The zero-order chi connectivity index (χ0) is 24.3. The first-order valence-corrected chi connectivity index (χ1v) is 11.6. The van der Waals surface area contributed by atoms with Gasteiger partial charge >= 0.3 is 0 Å². The summed E-state index contributed by atoms with van der Waals surface area (Å²) in [5.74, 6) is 1.82. The number of amides is 1. The average molecular weight is 469 g/mol. The van der Waals surface area contributed by atoms with Crippen molar-refractivity contribution in [2.75, 3.05) is 16.4 Å². The van der Waals surface area contributed by atoms with E-state index in [1.807, 2.05) is 32.0 Å². The van der Waals surface area contributed by atoms with Crippen LogP contribution in [0, 0.1) is 12.8 Å². The van der Waals surface area contributed by atoms with Crippen LogP contribution >= 0.6 is 0 Å². The van der Waals surface area contributed by atoms with E-state index in [0.717, 1.165) is 51.8 Å². The van der Waals surface area contributed by atoms with Gasteiger partial charge in [0, 0.05) is 41.0 Å². The predicted octanol–water partition coefficient (Wildman–Crippen LogP) is 3.17. The van der Waals surface area contributed by atoms with Gasteiger partial charge in [0.1, 0.15) is 18.2 Å². The van der Waals surface area contributed by atoms with Gasteiger partial charge in [-0.3, -0.25) is 19.3 Å². The van der Waals surface area contributed by atoms with Gasteiger partial charge in [-0.05, 0) is 42.8 Å². The van der Waals surface area contributed by atoms with Crippen molar-refractivity contribution >= 4 is 45.6 Å². The van der Waals surface area contributed by atoms with E-state index in [0.29, 0.717) is 29.7 Å². The highest BCUT2D eigenvalue weighted by molar-refractivity contribution is 6.01. The smallest absolute Gasteiger partial charge is 0.230 e. The zero-order valence-electron chi connectivity index (χ0n) is 19.4. The van der Waals surface area contributed by atoms with E-state index in [4.69, 9.17) is 5.73 Å². The Balaban J connectivity index is 1.34. The maximum Gasteiger partial charge on any atom is 0.230 e. The van der Waals surface area contributed by atoms with Crippen LogP contribution in [0.1, 0.15) is 30.3 Å². The summed E-state index contributed by atoms with van der Waals surface area (Å²) in [6.07, 6.45) is 5.35. The normalized spacial score (nSPS) is 17.1. The number of aryl methyl sites for hydroxylation is 1. The van der Waals surface area contributed by atoms with Crippen molar-refractivity contribution < 1.29 is 9.59 Å². The minimum atomic E-state index is -0.0593. The second-order valence-electron chi connectivity index (χ2n) is 9.24. The molecular weight excluding hydrogens is 444 g/mol. The van der Waals surface area contributed by atoms with E-state index >= 15 is 0 Å². The molecule has 0 aliphatic carbocycles. The quantitative estimate of drug-likeness (QED) is 0.416. The van der Waals surface area contributed by atoms with E-state index in [1.54, 1.807) is 17.1 Å². The summed E-state index contributed by atoms with van der Waals surface area (Å²) in [5.41, 5.74) is 11.2. The molecule has 2 aliphatic heterocycles. The largest absolute Gasteiger partial charge is 0.383 e. The fourth-order valence-electron chi connectivity index (χ4n) is 4.74. The van der Waals surface area contributed by atoms with E-state index in [2.05, 4.69) is 30.7 Å². The van der Waals surface area contributed by atoms with Crippen molar-refractivity contribution in [2.45, 2.75) is 39.7 Å². The molecule has 0 aromatic carbocycles. The molecule has 1 atom stereocenters. The van der Waals surface area contributed by atoms with Gasteiger partial charge < -0.3 is 16.4 Å². The third-order valence-electron chi connectivity index (χ3n) is 6.84. The number of nitrogens with two attached hydrogens (primary N) is 1. The number of Topliss-reactive ketones (excluding diaryl/α,β-unsaturated/α-hetero) is 1. The Kier molecular flexibility index (Phi) is 4.77. The Morgan fingerprint density at radius 3 is 2.86 bits per heavy atom. The SMILES string of the molecule is Cc1c(-c2cc3cc(Nc4cc5n(n4)CC(=O)C(C)CC5)ncc3c(N)n2)cnc2c1NC(=O)C2. The highest BCUT2D eigenvalue weighted by Gasteiger charge is 2.24. The third-order valence-corrected chi connectivity index (χ3v) is 6.84. The Bertz CT molecular complexity index is 1540. The molecule has 176 valence electrons. The van der Waals surface area contributed by atoms with Crippen molar-refractivity contribution in [3.05, 3.63) is 47.5 Å². The predicted molar refractivity (Wildman–Crippen MR) is 132 cm³/mol. The number of aromatic nitrogens is 5. The Labute approximate surface area is 201 Å². The number of carbonyl (C=O) groups excluding carboxylic acids is 2. The zero-order valence-corrected chi connectivity index (χ0v) is 19.4. The van der Waals surface area contributed by atoms with Crippen molar-refractivity contribution in [2.24, 2.45) is 5.92 Å².